The molecule has 4 rings (SSSR count). The van der Waals surface area contributed by atoms with Crippen molar-refractivity contribution in [3.8, 4) is 0 Å². The van der Waals surface area contributed by atoms with E-state index in [2.05, 4.69) is 5.32 Å². The van der Waals surface area contributed by atoms with E-state index in [4.69, 9.17) is 23.2 Å². The van der Waals surface area contributed by atoms with Gasteiger partial charge < -0.3 is 0 Å². The molecule has 1 N–H and O–H groups in total. The maximum atomic E-state index is 14.2. The fourth-order valence-electron chi connectivity index (χ4n) is 3.37. The van der Waals surface area contributed by atoms with Crippen LogP contribution in [0.3, 0.4) is 0 Å². The van der Waals surface area contributed by atoms with Gasteiger partial charge in [0, 0.05) is 16.5 Å². The lowest BCUT2D eigenvalue weighted by Crippen LogP contribution is -2.54. The predicted molar refractivity (Wildman–Crippen MR) is 121 cm³/mol. The molecule has 0 aromatic heterocycles. The number of imide groups is 2. The number of hydrogen-bond donors (Lipinski definition) is 1. The van der Waals surface area contributed by atoms with Gasteiger partial charge in [-0.3, -0.25) is 14.9 Å². The van der Waals surface area contributed by atoms with Crippen LogP contribution in [-0.2, 0) is 16.0 Å². The summed E-state index contributed by atoms with van der Waals surface area (Å²) in [6.45, 7) is 0. The predicted octanol–water partition coefficient (Wildman–Crippen LogP) is 5.39. The monoisotopic (exact) mass is 468 g/mol. The second-order valence-corrected chi connectivity index (χ2v) is 7.92. The Bertz CT molecular complexity index is 1290. The van der Waals surface area contributed by atoms with Crippen LogP contribution in [0.5, 0.6) is 0 Å². The highest BCUT2D eigenvalue weighted by Gasteiger charge is 2.37. The van der Waals surface area contributed by atoms with E-state index >= 15 is 0 Å². The van der Waals surface area contributed by atoms with Gasteiger partial charge in [0.05, 0.1) is 5.69 Å². The van der Waals surface area contributed by atoms with Crippen molar-refractivity contribution in [2.24, 2.45) is 0 Å². The fraction of sp³-hybridized carbons (Fsp3) is 0.0417. The van der Waals surface area contributed by atoms with E-state index in [-0.39, 0.29) is 23.5 Å². The minimum absolute atomic E-state index is 0.218. The van der Waals surface area contributed by atoms with Crippen LogP contribution in [0.1, 0.15) is 16.7 Å². The molecule has 160 valence electrons. The minimum atomic E-state index is -0.878. The molecule has 0 unspecified atom stereocenters. The van der Waals surface area contributed by atoms with Gasteiger partial charge in [-0.1, -0.05) is 53.5 Å². The Balaban J connectivity index is 1.76. The summed E-state index contributed by atoms with van der Waals surface area (Å²) in [5.74, 6) is -2.02. The SMILES string of the molecule is O=C1NC(=O)N(c2cccc(Cl)c2)C(=O)/C1=C/c1cc(Cl)ccc1Cc1ccccc1F. The number of anilines is 1. The molecule has 1 fully saturated rings. The Kier molecular flexibility index (Phi) is 6.08. The molecular weight excluding hydrogens is 454 g/mol. The molecule has 1 heterocycles. The molecule has 0 bridgehead atoms. The molecule has 1 aliphatic rings. The number of nitrogens with zero attached hydrogens (tertiary/aromatic N) is 1. The first-order valence-electron chi connectivity index (χ1n) is 9.52. The zero-order valence-electron chi connectivity index (χ0n) is 16.4. The van der Waals surface area contributed by atoms with Gasteiger partial charge in [-0.05, 0) is 59.2 Å². The Labute approximate surface area is 193 Å². The smallest absolute Gasteiger partial charge is 0.273 e. The largest absolute Gasteiger partial charge is 0.335 e. The number of amides is 4. The van der Waals surface area contributed by atoms with E-state index in [1.54, 1.807) is 48.5 Å². The van der Waals surface area contributed by atoms with Crippen LogP contribution in [0, 0.1) is 5.82 Å². The van der Waals surface area contributed by atoms with Crippen molar-refractivity contribution in [1.29, 1.82) is 0 Å². The highest BCUT2D eigenvalue weighted by atomic mass is 35.5. The number of carbonyl (C=O) groups is 3. The Morgan fingerprint density at radius 2 is 1.62 bits per heavy atom. The summed E-state index contributed by atoms with van der Waals surface area (Å²) in [7, 11) is 0. The Morgan fingerprint density at radius 1 is 0.875 bits per heavy atom. The number of nitrogens with one attached hydrogen (secondary N) is 1. The van der Waals surface area contributed by atoms with Gasteiger partial charge >= 0.3 is 6.03 Å². The van der Waals surface area contributed by atoms with E-state index in [0.29, 0.717) is 26.7 Å². The van der Waals surface area contributed by atoms with E-state index in [1.807, 2.05) is 0 Å². The molecule has 0 saturated carbocycles. The molecule has 0 spiro atoms. The van der Waals surface area contributed by atoms with Gasteiger partial charge in [-0.15, -0.1) is 0 Å². The van der Waals surface area contributed by atoms with Crippen LogP contribution < -0.4 is 10.2 Å². The quantitative estimate of drug-likeness (QED) is 0.412. The third kappa shape index (κ3) is 4.42. The second kappa shape index (κ2) is 8.94. The van der Waals surface area contributed by atoms with Crippen LogP contribution in [0.4, 0.5) is 14.9 Å². The van der Waals surface area contributed by atoms with Crippen molar-refractivity contribution < 1.29 is 18.8 Å². The molecule has 0 aliphatic carbocycles. The molecule has 3 aromatic carbocycles. The van der Waals surface area contributed by atoms with Crippen molar-refractivity contribution in [3.63, 3.8) is 0 Å². The Morgan fingerprint density at radius 3 is 2.38 bits per heavy atom. The maximum Gasteiger partial charge on any atom is 0.335 e. The first-order valence-corrected chi connectivity index (χ1v) is 10.3. The van der Waals surface area contributed by atoms with Gasteiger partial charge in [0.15, 0.2) is 0 Å². The van der Waals surface area contributed by atoms with Gasteiger partial charge in [-0.25, -0.2) is 14.1 Å². The number of barbiturate groups is 1. The summed E-state index contributed by atoms with van der Waals surface area (Å²) in [6, 6.07) is 16.5. The van der Waals surface area contributed by atoms with Crippen molar-refractivity contribution >= 4 is 52.8 Å². The molecule has 1 saturated heterocycles. The average molecular weight is 469 g/mol. The zero-order chi connectivity index (χ0) is 22.8. The summed E-state index contributed by atoms with van der Waals surface area (Å²) >= 11 is 12.1. The van der Waals surface area contributed by atoms with Gasteiger partial charge in [0.25, 0.3) is 11.8 Å². The van der Waals surface area contributed by atoms with Crippen LogP contribution in [0.15, 0.2) is 72.3 Å². The summed E-state index contributed by atoms with van der Waals surface area (Å²) in [5, 5.41) is 2.87. The average Bonchev–Trinajstić information content (AvgIpc) is 2.74. The number of hydrogen-bond acceptors (Lipinski definition) is 3. The standard InChI is InChI=1S/C24H15Cl2FN2O3/c25-17-5-3-6-19(13-17)29-23(31)20(22(30)28-24(29)32)12-16-11-18(26)9-8-14(16)10-15-4-1-2-7-21(15)27/h1-9,11-13H,10H2,(H,28,30,32)/b20-12+. The Hall–Kier alpha value is -3.48. The van der Waals surface area contributed by atoms with Crippen LogP contribution >= 0.6 is 23.2 Å². The van der Waals surface area contributed by atoms with E-state index in [9.17, 15) is 18.8 Å². The first kappa shape index (κ1) is 21.7. The molecular formula is C24H15Cl2FN2O3. The van der Waals surface area contributed by atoms with Crippen LogP contribution in [0.2, 0.25) is 10.0 Å². The van der Waals surface area contributed by atoms with Crippen molar-refractivity contribution in [1.82, 2.24) is 5.32 Å². The topological polar surface area (TPSA) is 66.5 Å². The van der Waals surface area contributed by atoms with Crippen molar-refractivity contribution in [3.05, 3.63) is 105 Å². The summed E-state index contributed by atoms with van der Waals surface area (Å²) in [4.78, 5) is 38.8. The maximum absolute atomic E-state index is 14.2. The fourth-order valence-corrected chi connectivity index (χ4v) is 3.74. The normalized spacial score (nSPS) is 15.3. The lowest BCUT2D eigenvalue weighted by molar-refractivity contribution is -0.122. The first-order chi connectivity index (χ1) is 15.3. The summed E-state index contributed by atoms with van der Waals surface area (Å²) in [5.41, 5.74) is 1.51. The van der Waals surface area contributed by atoms with E-state index in [1.165, 1.54) is 24.3 Å². The molecule has 32 heavy (non-hydrogen) atoms. The zero-order valence-corrected chi connectivity index (χ0v) is 18.0. The molecule has 0 atom stereocenters. The number of rotatable bonds is 4. The summed E-state index contributed by atoms with van der Waals surface area (Å²) < 4.78 is 14.2. The highest BCUT2D eigenvalue weighted by molar-refractivity contribution is 6.39. The minimum Gasteiger partial charge on any atom is -0.273 e. The highest BCUT2D eigenvalue weighted by Crippen LogP contribution is 2.27. The number of benzene rings is 3. The third-order valence-electron chi connectivity index (χ3n) is 4.91. The molecule has 4 amide bonds. The van der Waals surface area contributed by atoms with Gasteiger partial charge in [-0.2, -0.15) is 0 Å². The van der Waals surface area contributed by atoms with Crippen LogP contribution in [-0.4, -0.2) is 17.8 Å². The van der Waals surface area contributed by atoms with Crippen molar-refractivity contribution in [2.45, 2.75) is 6.42 Å². The van der Waals surface area contributed by atoms with Gasteiger partial charge in [0.2, 0.25) is 0 Å². The lowest BCUT2D eigenvalue weighted by atomic mass is 9.97. The number of carbonyl (C=O) groups excluding carboxylic acids is 3. The van der Waals surface area contributed by atoms with E-state index < -0.39 is 17.8 Å². The third-order valence-corrected chi connectivity index (χ3v) is 5.38. The van der Waals surface area contributed by atoms with E-state index in [0.717, 1.165) is 4.90 Å². The summed E-state index contributed by atoms with van der Waals surface area (Å²) in [6.07, 6.45) is 1.57. The molecule has 1 aliphatic heterocycles. The number of urea groups is 1. The van der Waals surface area contributed by atoms with Crippen LogP contribution in [0.25, 0.3) is 6.08 Å². The lowest BCUT2D eigenvalue weighted by Gasteiger charge is -2.26. The molecule has 8 heteroatoms. The van der Waals surface area contributed by atoms with Gasteiger partial charge in [0.1, 0.15) is 11.4 Å². The molecule has 5 nitrogen and oxygen atoms in total. The number of halogens is 3. The van der Waals surface area contributed by atoms with Crippen molar-refractivity contribution in [2.75, 3.05) is 4.90 Å². The molecule has 0 radical (unpaired) electrons. The second-order valence-electron chi connectivity index (χ2n) is 7.05. The molecule has 3 aromatic rings.